The van der Waals surface area contributed by atoms with Gasteiger partial charge < -0.3 is 20.1 Å². The third-order valence-corrected chi connectivity index (χ3v) is 5.38. The molecule has 10 heteroatoms. The number of rotatable bonds is 8. The summed E-state index contributed by atoms with van der Waals surface area (Å²) in [5, 5.41) is 5.21. The molecule has 0 aliphatic carbocycles. The molecule has 0 bridgehead atoms. The molecule has 0 saturated carbocycles. The molecule has 0 fully saturated rings. The largest absolute Gasteiger partial charge is 0.493 e. The van der Waals surface area contributed by atoms with Gasteiger partial charge in [-0.3, -0.25) is 9.59 Å². The highest BCUT2D eigenvalue weighted by atomic mass is 32.2. The van der Waals surface area contributed by atoms with E-state index in [2.05, 4.69) is 15.4 Å². The standard InChI is InChI=1S/C19H23N3O6S/c1-12(19(24)21-15-7-5-6-14(10-15)20-13(2)23)22-29(25,26)16-8-9-17(27-3)18(11-16)28-4/h5-12,22H,1-4H3,(H,20,23)(H,21,24)/t12-/m0/s1. The Labute approximate surface area is 169 Å². The normalized spacial score (nSPS) is 12.0. The molecule has 0 aliphatic rings. The molecule has 2 aromatic rings. The van der Waals surface area contributed by atoms with Crippen LogP contribution in [0, 0.1) is 0 Å². The maximum Gasteiger partial charge on any atom is 0.242 e. The van der Waals surface area contributed by atoms with Gasteiger partial charge in [-0.2, -0.15) is 4.72 Å². The highest BCUT2D eigenvalue weighted by Gasteiger charge is 2.23. The summed E-state index contributed by atoms with van der Waals surface area (Å²) in [5.41, 5.74) is 0.923. The molecule has 3 N–H and O–H groups in total. The van der Waals surface area contributed by atoms with Crippen LogP contribution in [0.1, 0.15) is 13.8 Å². The number of hydrogen-bond donors (Lipinski definition) is 3. The average Bonchev–Trinajstić information content (AvgIpc) is 2.66. The Morgan fingerprint density at radius 2 is 1.55 bits per heavy atom. The molecule has 0 radical (unpaired) electrons. The molecule has 0 spiro atoms. The van der Waals surface area contributed by atoms with Gasteiger partial charge in [-0.25, -0.2) is 8.42 Å². The van der Waals surface area contributed by atoms with Crippen molar-refractivity contribution in [3.05, 3.63) is 42.5 Å². The number of benzene rings is 2. The topological polar surface area (TPSA) is 123 Å². The number of carbonyl (C=O) groups excluding carboxylic acids is 2. The maximum absolute atomic E-state index is 12.6. The molecule has 156 valence electrons. The van der Waals surface area contributed by atoms with Crippen LogP contribution in [-0.2, 0) is 19.6 Å². The Kier molecular flexibility index (Phi) is 7.18. The van der Waals surface area contributed by atoms with Gasteiger partial charge in [0.05, 0.1) is 25.2 Å². The minimum Gasteiger partial charge on any atom is -0.493 e. The van der Waals surface area contributed by atoms with Crippen LogP contribution >= 0.6 is 0 Å². The van der Waals surface area contributed by atoms with Crippen LogP contribution in [0.15, 0.2) is 47.4 Å². The van der Waals surface area contributed by atoms with E-state index in [1.54, 1.807) is 24.3 Å². The van der Waals surface area contributed by atoms with Crippen LogP contribution in [-0.4, -0.2) is 40.5 Å². The average molecular weight is 421 g/mol. The Hall–Kier alpha value is -3.11. The molecule has 0 saturated heterocycles. The zero-order valence-electron chi connectivity index (χ0n) is 16.5. The molecule has 0 aromatic heterocycles. The van der Waals surface area contributed by atoms with Gasteiger partial charge in [0.25, 0.3) is 0 Å². The predicted molar refractivity (Wildman–Crippen MR) is 109 cm³/mol. The van der Waals surface area contributed by atoms with E-state index in [1.807, 2.05) is 0 Å². The zero-order chi connectivity index (χ0) is 21.6. The van der Waals surface area contributed by atoms with Gasteiger partial charge in [-0.15, -0.1) is 0 Å². The number of nitrogens with one attached hydrogen (secondary N) is 3. The Balaban J connectivity index is 2.11. The van der Waals surface area contributed by atoms with Crippen molar-refractivity contribution in [1.82, 2.24) is 4.72 Å². The molecule has 0 aliphatic heterocycles. The number of methoxy groups -OCH3 is 2. The number of sulfonamides is 1. The van der Waals surface area contributed by atoms with E-state index in [-0.39, 0.29) is 16.6 Å². The lowest BCUT2D eigenvalue weighted by Gasteiger charge is -2.16. The van der Waals surface area contributed by atoms with Crippen molar-refractivity contribution in [3.8, 4) is 11.5 Å². The molecule has 0 heterocycles. The van der Waals surface area contributed by atoms with Crippen LogP contribution in [0.25, 0.3) is 0 Å². The Bertz CT molecular complexity index is 1010. The van der Waals surface area contributed by atoms with Crippen molar-refractivity contribution < 1.29 is 27.5 Å². The second kappa shape index (κ2) is 9.39. The zero-order valence-corrected chi connectivity index (χ0v) is 17.3. The molecule has 2 rings (SSSR count). The number of carbonyl (C=O) groups is 2. The van der Waals surface area contributed by atoms with Crippen LogP contribution in [0.5, 0.6) is 11.5 Å². The van der Waals surface area contributed by atoms with Crippen molar-refractivity contribution in [2.45, 2.75) is 24.8 Å². The van der Waals surface area contributed by atoms with Crippen molar-refractivity contribution in [3.63, 3.8) is 0 Å². The van der Waals surface area contributed by atoms with Crippen LogP contribution in [0.3, 0.4) is 0 Å². The van der Waals surface area contributed by atoms with E-state index in [9.17, 15) is 18.0 Å². The SMILES string of the molecule is COc1ccc(S(=O)(=O)N[C@@H](C)C(=O)Nc2cccc(NC(C)=O)c2)cc1OC. The van der Waals surface area contributed by atoms with Crippen molar-refractivity contribution in [2.24, 2.45) is 0 Å². The lowest BCUT2D eigenvalue weighted by atomic mass is 10.2. The molecular formula is C19H23N3O6S. The number of amides is 2. The van der Waals surface area contributed by atoms with Gasteiger partial charge >= 0.3 is 0 Å². The monoisotopic (exact) mass is 421 g/mol. The van der Waals surface area contributed by atoms with Gasteiger partial charge in [-0.1, -0.05) is 6.07 Å². The van der Waals surface area contributed by atoms with Gasteiger partial charge in [0, 0.05) is 24.4 Å². The molecule has 2 amide bonds. The first-order valence-corrected chi connectivity index (χ1v) is 10.1. The maximum atomic E-state index is 12.6. The highest BCUT2D eigenvalue weighted by Crippen LogP contribution is 2.29. The van der Waals surface area contributed by atoms with Crippen LogP contribution in [0.4, 0.5) is 11.4 Å². The van der Waals surface area contributed by atoms with Gasteiger partial charge in [0.2, 0.25) is 21.8 Å². The summed E-state index contributed by atoms with van der Waals surface area (Å²) >= 11 is 0. The van der Waals surface area contributed by atoms with Crippen LogP contribution < -0.4 is 24.8 Å². The fraction of sp³-hybridized carbons (Fsp3) is 0.263. The van der Waals surface area contributed by atoms with Gasteiger partial charge in [-0.05, 0) is 37.3 Å². The fourth-order valence-electron chi connectivity index (χ4n) is 2.47. The number of ether oxygens (including phenoxy) is 2. The summed E-state index contributed by atoms with van der Waals surface area (Å²) in [6.45, 7) is 2.79. The Morgan fingerprint density at radius 3 is 2.14 bits per heavy atom. The summed E-state index contributed by atoms with van der Waals surface area (Å²) in [7, 11) is -1.14. The summed E-state index contributed by atoms with van der Waals surface area (Å²) in [6, 6.07) is 9.57. The Morgan fingerprint density at radius 1 is 0.931 bits per heavy atom. The minimum atomic E-state index is -3.98. The molecule has 29 heavy (non-hydrogen) atoms. The molecule has 2 aromatic carbocycles. The predicted octanol–water partition coefficient (Wildman–Crippen LogP) is 1.97. The van der Waals surface area contributed by atoms with Gasteiger partial charge in [0.1, 0.15) is 0 Å². The van der Waals surface area contributed by atoms with E-state index in [0.717, 1.165) is 0 Å². The molecular weight excluding hydrogens is 398 g/mol. The summed E-state index contributed by atoms with van der Waals surface area (Å²) in [4.78, 5) is 23.5. The van der Waals surface area contributed by atoms with Crippen molar-refractivity contribution in [1.29, 1.82) is 0 Å². The lowest BCUT2D eigenvalue weighted by Crippen LogP contribution is -2.41. The molecule has 9 nitrogen and oxygen atoms in total. The number of anilines is 2. The first-order valence-electron chi connectivity index (χ1n) is 8.59. The third kappa shape index (κ3) is 5.93. The third-order valence-electron chi connectivity index (χ3n) is 3.84. The fourth-order valence-corrected chi connectivity index (χ4v) is 3.68. The molecule has 1 atom stereocenters. The van der Waals surface area contributed by atoms with E-state index in [1.165, 1.54) is 46.3 Å². The lowest BCUT2D eigenvalue weighted by molar-refractivity contribution is -0.117. The minimum absolute atomic E-state index is 0.0672. The smallest absolute Gasteiger partial charge is 0.242 e. The van der Waals surface area contributed by atoms with Crippen LogP contribution in [0.2, 0.25) is 0 Å². The van der Waals surface area contributed by atoms with Crippen molar-refractivity contribution >= 4 is 33.2 Å². The van der Waals surface area contributed by atoms with E-state index in [0.29, 0.717) is 17.1 Å². The van der Waals surface area contributed by atoms with Crippen molar-refractivity contribution in [2.75, 3.05) is 24.9 Å². The summed E-state index contributed by atoms with van der Waals surface area (Å²) < 4.78 is 37.7. The van der Waals surface area contributed by atoms with E-state index in [4.69, 9.17) is 9.47 Å². The molecule has 0 unspecified atom stereocenters. The van der Waals surface area contributed by atoms with E-state index >= 15 is 0 Å². The quantitative estimate of drug-likeness (QED) is 0.599. The summed E-state index contributed by atoms with van der Waals surface area (Å²) in [6.07, 6.45) is 0. The second-order valence-corrected chi connectivity index (χ2v) is 7.82. The number of hydrogen-bond acceptors (Lipinski definition) is 6. The van der Waals surface area contributed by atoms with Gasteiger partial charge in [0.15, 0.2) is 11.5 Å². The highest BCUT2D eigenvalue weighted by molar-refractivity contribution is 7.89. The second-order valence-electron chi connectivity index (χ2n) is 6.11. The first-order chi connectivity index (χ1) is 13.7. The van der Waals surface area contributed by atoms with E-state index < -0.39 is 22.0 Å². The summed E-state index contributed by atoms with van der Waals surface area (Å²) in [5.74, 6) is -0.169. The first kappa shape index (κ1) is 22.2.